The Morgan fingerprint density at radius 2 is 1.81 bits per heavy atom. The molecule has 0 heterocycles. The van der Waals surface area contributed by atoms with Crippen LogP contribution in [0, 0.1) is 6.92 Å². The van der Waals surface area contributed by atoms with Crippen LogP contribution in [0.5, 0.6) is 11.5 Å². The quantitative estimate of drug-likeness (QED) is 0.502. The van der Waals surface area contributed by atoms with Gasteiger partial charge < -0.3 is 9.47 Å². The Bertz CT molecular complexity index is 782. The van der Waals surface area contributed by atoms with Crippen molar-refractivity contribution in [2.45, 2.75) is 46.4 Å². The van der Waals surface area contributed by atoms with Crippen LogP contribution in [-0.4, -0.2) is 5.97 Å². The molecule has 0 spiro atoms. The average Bonchev–Trinajstić information content (AvgIpc) is 2.60. The third-order valence-corrected chi connectivity index (χ3v) is 4.01. The van der Waals surface area contributed by atoms with Crippen molar-refractivity contribution in [3.8, 4) is 11.5 Å². The summed E-state index contributed by atoms with van der Waals surface area (Å²) in [6.07, 6.45) is -3.81. The van der Waals surface area contributed by atoms with Crippen LogP contribution in [0.1, 0.15) is 42.5 Å². The lowest BCUT2D eigenvalue weighted by molar-refractivity contribution is -0.139. The number of ether oxygens (including phenoxy) is 2. The van der Waals surface area contributed by atoms with E-state index in [1.165, 1.54) is 6.07 Å². The minimum Gasteiger partial charge on any atom is -0.488 e. The summed E-state index contributed by atoms with van der Waals surface area (Å²) >= 11 is 0. The Kier molecular flexibility index (Phi) is 6.29. The van der Waals surface area contributed by atoms with E-state index >= 15 is 0 Å². The highest BCUT2D eigenvalue weighted by atomic mass is 19.4. The van der Waals surface area contributed by atoms with Crippen molar-refractivity contribution in [3.63, 3.8) is 0 Å². The number of benzene rings is 2. The average molecular weight is 366 g/mol. The van der Waals surface area contributed by atoms with E-state index in [1.54, 1.807) is 45.0 Å². The number of carbonyl (C=O) groups is 1. The van der Waals surface area contributed by atoms with Crippen LogP contribution in [0.3, 0.4) is 0 Å². The molecule has 0 amide bonds. The molecule has 0 bridgehead atoms. The highest BCUT2D eigenvalue weighted by Crippen LogP contribution is 2.37. The highest BCUT2D eigenvalue weighted by Gasteiger charge is 2.34. The number of aryl methyl sites for hydroxylation is 2. The largest absolute Gasteiger partial charge is 0.488 e. The molecule has 6 heteroatoms. The Hall–Kier alpha value is -2.50. The van der Waals surface area contributed by atoms with Crippen molar-refractivity contribution in [2.24, 2.45) is 0 Å². The van der Waals surface area contributed by atoms with E-state index in [0.29, 0.717) is 23.3 Å². The number of halogens is 3. The number of esters is 1. The first-order valence-electron chi connectivity index (χ1n) is 8.38. The van der Waals surface area contributed by atoms with E-state index in [2.05, 4.69) is 0 Å². The van der Waals surface area contributed by atoms with Crippen LogP contribution < -0.4 is 9.47 Å². The highest BCUT2D eigenvalue weighted by molar-refractivity contribution is 5.72. The van der Waals surface area contributed by atoms with Gasteiger partial charge in [0.05, 0.1) is 5.56 Å². The third-order valence-electron chi connectivity index (χ3n) is 4.01. The van der Waals surface area contributed by atoms with Gasteiger partial charge in [0.25, 0.3) is 0 Å². The van der Waals surface area contributed by atoms with Crippen molar-refractivity contribution in [1.82, 2.24) is 0 Å². The lowest BCUT2D eigenvalue weighted by atomic mass is 10.1. The normalized spacial score (nSPS) is 11.3. The molecule has 0 atom stereocenters. The Labute approximate surface area is 150 Å². The van der Waals surface area contributed by atoms with Gasteiger partial charge in [0.2, 0.25) is 0 Å². The fourth-order valence-corrected chi connectivity index (χ4v) is 2.45. The molecule has 0 aliphatic rings. The maximum Gasteiger partial charge on any atom is 0.419 e. The monoisotopic (exact) mass is 366 g/mol. The molecule has 3 nitrogen and oxygen atoms in total. The maximum absolute atomic E-state index is 13.3. The molecule has 0 N–H and O–H groups in total. The molecule has 0 unspecified atom stereocenters. The van der Waals surface area contributed by atoms with E-state index in [1.807, 2.05) is 0 Å². The molecule has 0 aliphatic carbocycles. The van der Waals surface area contributed by atoms with Crippen molar-refractivity contribution in [3.05, 3.63) is 58.7 Å². The van der Waals surface area contributed by atoms with E-state index in [9.17, 15) is 18.0 Å². The molecule has 0 aliphatic heterocycles. The molecule has 2 rings (SSSR count). The fraction of sp³-hybridized carbons (Fsp3) is 0.350. The lowest BCUT2D eigenvalue weighted by Crippen LogP contribution is -2.12. The Balaban J connectivity index is 2.31. The second kappa shape index (κ2) is 8.25. The summed E-state index contributed by atoms with van der Waals surface area (Å²) in [6.45, 7) is 5.11. The summed E-state index contributed by atoms with van der Waals surface area (Å²) in [4.78, 5) is 11.6. The van der Waals surface area contributed by atoms with Crippen LogP contribution in [0.4, 0.5) is 13.2 Å². The zero-order chi connectivity index (χ0) is 19.3. The van der Waals surface area contributed by atoms with Gasteiger partial charge in [0.1, 0.15) is 18.1 Å². The van der Waals surface area contributed by atoms with Gasteiger partial charge in [-0.25, -0.2) is 0 Å². The summed E-state index contributed by atoms with van der Waals surface area (Å²) in [5.74, 6) is -0.360. The van der Waals surface area contributed by atoms with Crippen molar-refractivity contribution in [2.75, 3.05) is 0 Å². The lowest BCUT2D eigenvalue weighted by Gasteiger charge is -2.17. The molecule has 26 heavy (non-hydrogen) atoms. The molecule has 0 saturated carbocycles. The SMILES string of the molecule is CCC(=O)Oc1cccc(C)c1COc1ccc(CC)cc1C(F)(F)F. The first-order valence-corrected chi connectivity index (χ1v) is 8.38. The molecular weight excluding hydrogens is 345 g/mol. The molecule has 0 aromatic heterocycles. The zero-order valence-electron chi connectivity index (χ0n) is 14.9. The topological polar surface area (TPSA) is 35.5 Å². The summed E-state index contributed by atoms with van der Waals surface area (Å²) in [7, 11) is 0. The van der Waals surface area contributed by atoms with Crippen LogP contribution >= 0.6 is 0 Å². The number of hydrogen-bond acceptors (Lipinski definition) is 3. The number of hydrogen-bond donors (Lipinski definition) is 0. The van der Waals surface area contributed by atoms with Gasteiger partial charge >= 0.3 is 12.1 Å². The minimum atomic E-state index is -4.51. The van der Waals surface area contributed by atoms with Crippen LogP contribution in [0.15, 0.2) is 36.4 Å². The van der Waals surface area contributed by atoms with E-state index in [-0.39, 0.29) is 18.8 Å². The van der Waals surface area contributed by atoms with E-state index in [0.717, 1.165) is 11.6 Å². The van der Waals surface area contributed by atoms with Crippen molar-refractivity contribution < 1.29 is 27.4 Å². The maximum atomic E-state index is 13.3. The first-order chi connectivity index (χ1) is 12.3. The fourth-order valence-electron chi connectivity index (χ4n) is 2.45. The predicted molar refractivity (Wildman–Crippen MR) is 92.3 cm³/mol. The van der Waals surface area contributed by atoms with Gasteiger partial charge in [0, 0.05) is 12.0 Å². The summed E-state index contributed by atoms with van der Waals surface area (Å²) in [5, 5.41) is 0. The van der Waals surface area contributed by atoms with Crippen LogP contribution in [0.2, 0.25) is 0 Å². The Morgan fingerprint density at radius 3 is 2.42 bits per heavy atom. The van der Waals surface area contributed by atoms with Gasteiger partial charge in [-0.05, 0) is 42.7 Å². The number of alkyl halides is 3. The molecule has 0 fully saturated rings. The molecule has 140 valence electrons. The van der Waals surface area contributed by atoms with Crippen LogP contribution in [0.25, 0.3) is 0 Å². The first kappa shape index (κ1) is 19.8. The summed E-state index contributed by atoms with van der Waals surface area (Å²) in [6, 6.07) is 9.15. The molecule has 0 radical (unpaired) electrons. The van der Waals surface area contributed by atoms with Gasteiger partial charge in [-0.1, -0.05) is 32.0 Å². The van der Waals surface area contributed by atoms with Crippen molar-refractivity contribution in [1.29, 1.82) is 0 Å². The van der Waals surface area contributed by atoms with Crippen molar-refractivity contribution >= 4 is 5.97 Å². The third kappa shape index (κ3) is 4.77. The minimum absolute atomic E-state index is 0.131. The molecule has 2 aromatic rings. The molecule has 0 saturated heterocycles. The number of carbonyl (C=O) groups excluding carboxylic acids is 1. The number of rotatable bonds is 6. The standard InChI is InChI=1S/C20H21F3O3/c1-4-14-9-10-18(16(11-14)20(21,22)23)25-12-15-13(3)7-6-8-17(15)26-19(24)5-2/h6-11H,4-5,12H2,1-3H3. The molecular formula is C20H21F3O3. The van der Waals surface area contributed by atoms with Gasteiger partial charge in [-0.3, -0.25) is 4.79 Å². The van der Waals surface area contributed by atoms with E-state index in [4.69, 9.17) is 9.47 Å². The smallest absolute Gasteiger partial charge is 0.419 e. The predicted octanol–water partition coefficient (Wildman–Crippen LogP) is 5.47. The Morgan fingerprint density at radius 1 is 1.08 bits per heavy atom. The van der Waals surface area contributed by atoms with Crippen LogP contribution in [-0.2, 0) is 24.0 Å². The summed E-state index contributed by atoms with van der Waals surface area (Å²) < 4.78 is 50.7. The molecule has 2 aromatic carbocycles. The zero-order valence-corrected chi connectivity index (χ0v) is 14.9. The van der Waals surface area contributed by atoms with Gasteiger partial charge in [0.15, 0.2) is 0 Å². The van der Waals surface area contributed by atoms with Gasteiger partial charge in [-0.2, -0.15) is 13.2 Å². The second-order valence-electron chi connectivity index (χ2n) is 5.85. The van der Waals surface area contributed by atoms with Gasteiger partial charge in [-0.15, -0.1) is 0 Å². The van der Waals surface area contributed by atoms with E-state index < -0.39 is 17.7 Å². The second-order valence-corrected chi connectivity index (χ2v) is 5.85. The summed E-state index contributed by atoms with van der Waals surface area (Å²) in [5.41, 5.74) is 1.09.